The molecule has 104 valence electrons. The molecule has 18 heavy (non-hydrogen) atoms. The quantitative estimate of drug-likeness (QED) is 0.778. The zero-order valence-corrected chi connectivity index (χ0v) is 11.0. The lowest BCUT2D eigenvalue weighted by Gasteiger charge is -2.35. The standard InChI is InChI=1S/C13H24N2O3/c1-2-11-9-17-13(8-15(11)4-1)7-14-6-12-3-5-16-10-18-12/h11-14H,1-10H2. The van der Waals surface area contributed by atoms with E-state index in [-0.39, 0.29) is 0 Å². The van der Waals surface area contributed by atoms with Gasteiger partial charge in [0, 0.05) is 25.7 Å². The molecule has 3 heterocycles. The van der Waals surface area contributed by atoms with E-state index in [0.717, 1.165) is 39.3 Å². The molecule has 1 N–H and O–H groups in total. The molecule has 0 radical (unpaired) electrons. The van der Waals surface area contributed by atoms with Crippen LogP contribution < -0.4 is 5.32 Å². The van der Waals surface area contributed by atoms with E-state index in [2.05, 4.69) is 10.2 Å². The molecular formula is C13H24N2O3. The van der Waals surface area contributed by atoms with Crippen molar-refractivity contribution in [2.24, 2.45) is 0 Å². The van der Waals surface area contributed by atoms with E-state index < -0.39 is 0 Å². The maximum atomic E-state index is 5.91. The van der Waals surface area contributed by atoms with Gasteiger partial charge in [-0.3, -0.25) is 4.90 Å². The van der Waals surface area contributed by atoms with Gasteiger partial charge in [0.05, 0.1) is 25.4 Å². The zero-order chi connectivity index (χ0) is 12.2. The van der Waals surface area contributed by atoms with Gasteiger partial charge in [-0.1, -0.05) is 0 Å². The predicted molar refractivity (Wildman–Crippen MR) is 67.5 cm³/mol. The second-order valence-electron chi connectivity index (χ2n) is 5.51. The third-order valence-corrected chi connectivity index (χ3v) is 4.18. The fourth-order valence-corrected chi connectivity index (χ4v) is 3.08. The van der Waals surface area contributed by atoms with Gasteiger partial charge in [0.2, 0.25) is 0 Å². The molecule has 3 aliphatic rings. The normalized spacial score (nSPS) is 37.7. The molecule has 0 aromatic heterocycles. The van der Waals surface area contributed by atoms with Crippen LogP contribution >= 0.6 is 0 Å². The summed E-state index contributed by atoms with van der Waals surface area (Å²) >= 11 is 0. The molecule has 0 amide bonds. The molecule has 0 aromatic rings. The highest BCUT2D eigenvalue weighted by atomic mass is 16.7. The maximum absolute atomic E-state index is 5.91. The number of hydrogen-bond acceptors (Lipinski definition) is 5. The second kappa shape index (κ2) is 6.30. The van der Waals surface area contributed by atoms with Gasteiger partial charge >= 0.3 is 0 Å². The van der Waals surface area contributed by atoms with Crippen LogP contribution in [-0.4, -0.2) is 69.3 Å². The Hall–Kier alpha value is -0.200. The van der Waals surface area contributed by atoms with E-state index in [0.29, 0.717) is 25.0 Å². The molecule has 3 atom stereocenters. The molecule has 3 aliphatic heterocycles. The third kappa shape index (κ3) is 3.22. The Morgan fingerprint density at radius 3 is 2.94 bits per heavy atom. The largest absolute Gasteiger partial charge is 0.374 e. The van der Waals surface area contributed by atoms with Crippen molar-refractivity contribution in [2.75, 3.05) is 46.2 Å². The second-order valence-corrected chi connectivity index (χ2v) is 5.51. The van der Waals surface area contributed by atoms with E-state index in [9.17, 15) is 0 Å². The molecule has 3 saturated heterocycles. The topological polar surface area (TPSA) is 43.0 Å². The molecule has 3 rings (SSSR count). The van der Waals surface area contributed by atoms with Crippen LogP contribution in [0.4, 0.5) is 0 Å². The van der Waals surface area contributed by atoms with Crippen LogP contribution in [0.3, 0.4) is 0 Å². The molecule has 0 aliphatic carbocycles. The average Bonchev–Trinajstić information content (AvgIpc) is 2.87. The van der Waals surface area contributed by atoms with Crippen molar-refractivity contribution in [3.05, 3.63) is 0 Å². The summed E-state index contributed by atoms with van der Waals surface area (Å²) in [6, 6.07) is 0.695. The summed E-state index contributed by atoms with van der Waals surface area (Å²) in [6.45, 7) is 6.38. The molecule has 5 nitrogen and oxygen atoms in total. The van der Waals surface area contributed by atoms with E-state index in [1.807, 2.05) is 0 Å². The smallest absolute Gasteiger partial charge is 0.147 e. The van der Waals surface area contributed by atoms with Crippen LogP contribution in [0.5, 0.6) is 0 Å². The van der Waals surface area contributed by atoms with Crippen molar-refractivity contribution in [3.63, 3.8) is 0 Å². The van der Waals surface area contributed by atoms with Crippen LogP contribution in [0.1, 0.15) is 19.3 Å². The molecule has 0 spiro atoms. The monoisotopic (exact) mass is 256 g/mol. The van der Waals surface area contributed by atoms with E-state index >= 15 is 0 Å². The number of morpholine rings is 1. The van der Waals surface area contributed by atoms with Crippen LogP contribution in [0.25, 0.3) is 0 Å². The Bertz CT molecular complexity index is 259. The third-order valence-electron chi connectivity index (χ3n) is 4.18. The summed E-state index contributed by atoms with van der Waals surface area (Å²) in [6.07, 6.45) is 4.30. The number of rotatable bonds is 4. The minimum absolute atomic E-state index is 0.307. The van der Waals surface area contributed by atoms with Crippen LogP contribution in [0, 0.1) is 0 Å². The van der Waals surface area contributed by atoms with E-state index in [1.165, 1.54) is 19.4 Å². The first-order chi connectivity index (χ1) is 8.92. The van der Waals surface area contributed by atoms with Crippen molar-refractivity contribution in [1.29, 1.82) is 0 Å². The van der Waals surface area contributed by atoms with Crippen LogP contribution in [0.2, 0.25) is 0 Å². The Morgan fingerprint density at radius 2 is 2.06 bits per heavy atom. The highest BCUT2D eigenvalue weighted by molar-refractivity contribution is 4.86. The first kappa shape index (κ1) is 12.8. The Kier molecular flexibility index (Phi) is 4.49. The minimum atomic E-state index is 0.307. The highest BCUT2D eigenvalue weighted by Crippen LogP contribution is 2.22. The van der Waals surface area contributed by atoms with E-state index in [1.54, 1.807) is 0 Å². The SMILES string of the molecule is C1CC2COC(CNCC3CCOCO3)CN2C1. The predicted octanol–water partition coefficient (Wildman–Crippen LogP) is 0.202. The van der Waals surface area contributed by atoms with Crippen molar-refractivity contribution in [3.8, 4) is 0 Å². The summed E-state index contributed by atoms with van der Waals surface area (Å²) < 4.78 is 16.6. The summed E-state index contributed by atoms with van der Waals surface area (Å²) in [4.78, 5) is 2.58. The number of hydrogen-bond donors (Lipinski definition) is 1. The fraction of sp³-hybridized carbons (Fsp3) is 1.00. The fourth-order valence-electron chi connectivity index (χ4n) is 3.08. The maximum Gasteiger partial charge on any atom is 0.147 e. The van der Waals surface area contributed by atoms with Gasteiger partial charge < -0.3 is 19.5 Å². The highest BCUT2D eigenvalue weighted by Gasteiger charge is 2.31. The first-order valence-electron chi connectivity index (χ1n) is 7.17. The summed E-state index contributed by atoms with van der Waals surface area (Å²) in [5.74, 6) is 0. The molecule has 3 unspecified atom stereocenters. The molecule has 0 saturated carbocycles. The summed E-state index contributed by atoms with van der Waals surface area (Å²) in [7, 11) is 0. The molecule has 3 fully saturated rings. The molecular weight excluding hydrogens is 232 g/mol. The van der Waals surface area contributed by atoms with Gasteiger partial charge in [-0.25, -0.2) is 0 Å². The van der Waals surface area contributed by atoms with E-state index in [4.69, 9.17) is 14.2 Å². The minimum Gasteiger partial charge on any atom is -0.374 e. The molecule has 0 aromatic carbocycles. The van der Waals surface area contributed by atoms with Gasteiger partial charge in [-0.2, -0.15) is 0 Å². The lowest BCUT2D eigenvalue weighted by atomic mass is 10.2. The Labute approximate surface area is 109 Å². The Balaban J connectivity index is 1.33. The summed E-state index contributed by atoms with van der Waals surface area (Å²) in [5, 5.41) is 3.47. The number of ether oxygens (including phenoxy) is 3. The number of nitrogens with one attached hydrogen (secondary N) is 1. The molecule has 0 bridgehead atoms. The van der Waals surface area contributed by atoms with Gasteiger partial charge in [-0.15, -0.1) is 0 Å². The molecule has 5 heteroatoms. The first-order valence-corrected chi connectivity index (χ1v) is 7.17. The van der Waals surface area contributed by atoms with Gasteiger partial charge in [0.1, 0.15) is 6.79 Å². The van der Waals surface area contributed by atoms with Crippen LogP contribution in [0.15, 0.2) is 0 Å². The van der Waals surface area contributed by atoms with Crippen molar-refractivity contribution >= 4 is 0 Å². The number of nitrogens with zero attached hydrogens (tertiary/aromatic N) is 1. The van der Waals surface area contributed by atoms with Crippen molar-refractivity contribution < 1.29 is 14.2 Å². The number of fused-ring (bicyclic) bond motifs is 1. The average molecular weight is 256 g/mol. The lowest BCUT2D eigenvalue weighted by molar-refractivity contribution is -0.137. The van der Waals surface area contributed by atoms with Crippen molar-refractivity contribution in [1.82, 2.24) is 10.2 Å². The van der Waals surface area contributed by atoms with Crippen molar-refractivity contribution in [2.45, 2.75) is 37.5 Å². The summed E-state index contributed by atoms with van der Waals surface area (Å²) in [5.41, 5.74) is 0. The van der Waals surface area contributed by atoms with Crippen LogP contribution in [-0.2, 0) is 14.2 Å². The van der Waals surface area contributed by atoms with Gasteiger partial charge in [0.25, 0.3) is 0 Å². The van der Waals surface area contributed by atoms with Gasteiger partial charge in [0.15, 0.2) is 0 Å². The zero-order valence-electron chi connectivity index (χ0n) is 11.0. The Morgan fingerprint density at radius 1 is 1.11 bits per heavy atom. The van der Waals surface area contributed by atoms with Gasteiger partial charge in [-0.05, 0) is 25.8 Å². The lowest BCUT2D eigenvalue weighted by Crippen LogP contribution is -2.50.